The summed E-state index contributed by atoms with van der Waals surface area (Å²) in [6.07, 6.45) is 0. The summed E-state index contributed by atoms with van der Waals surface area (Å²) in [5.74, 6) is -0.648. The third kappa shape index (κ3) is 3.27. The Morgan fingerprint density at radius 1 is 1.19 bits per heavy atom. The maximum atomic E-state index is 10.9. The molecule has 0 spiro atoms. The van der Waals surface area contributed by atoms with Gasteiger partial charge in [0.25, 0.3) is 5.69 Å². The van der Waals surface area contributed by atoms with Gasteiger partial charge in [0.15, 0.2) is 0 Å². The zero-order chi connectivity index (χ0) is 15.4. The Labute approximate surface area is 119 Å². The van der Waals surface area contributed by atoms with E-state index in [0.29, 0.717) is 17.1 Å². The molecule has 2 aromatic carbocycles. The van der Waals surface area contributed by atoms with Gasteiger partial charge >= 0.3 is 5.97 Å². The van der Waals surface area contributed by atoms with E-state index in [2.05, 4.69) is 5.32 Å². The predicted molar refractivity (Wildman–Crippen MR) is 76.3 cm³/mol. The number of nitrogens with one attached hydrogen (secondary N) is 1. The predicted octanol–water partition coefficient (Wildman–Crippen LogP) is 3.05. The molecule has 2 aromatic rings. The topological polar surface area (TPSA) is 102 Å². The van der Waals surface area contributed by atoms with E-state index < -0.39 is 16.6 Å². The van der Waals surface area contributed by atoms with Crippen molar-refractivity contribution in [3.8, 4) is 5.75 Å². The molecular formula is C14H12N2O5. The van der Waals surface area contributed by atoms with E-state index >= 15 is 0 Å². The monoisotopic (exact) mass is 288 g/mol. The Morgan fingerprint density at radius 3 is 2.33 bits per heavy atom. The summed E-state index contributed by atoms with van der Waals surface area (Å²) < 4.78 is 5.03. The highest BCUT2D eigenvalue weighted by Crippen LogP contribution is 2.26. The lowest BCUT2D eigenvalue weighted by Crippen LogP contribution is -2.03. The molecule has 0 unspecified atom stereocenters. The van der Waals surface area contributed by atoms with Crippen LogP contribution in [-0.4, -0.2) is 23.1 Å². The lowest BCUT2D eigenvalue weighted by molar-refractivity contribution is -0.385. The molecule has 108 valence electrons. The van der Waals surface area contributed by atoms with Crippen molar-refractivity contribution in [3.63, 3.8) is 0 Å². The molecule has 2 N–H and O–H groups in total. The fraction of sp³-hybridized carbons (Fsp3) is 0.0714. The fourth-order valence-corrected chi connectivity index (χ4v) is 1.78. The zero-order valence-electron chi connectivity index (χ0n) is 11.1. The number of hydrogen-bond donors (Lipinski definition) is 2. The average Bonchev–Trinajstić information content (AvgIpc) is 2.47. The van der Waals surface area contributed by atoms with Crippen molar-refractivity contribution in [3.05, 3.63) is 58.1 Å². The van der Waals surface area contributed by atoms with Crippen LogP contribution in [0.5, 0.6) is 5.75 Å². The number of nitrogens with zero attached hydrogens (tertiary/aromatic N) is 1. The number of carboxylic acid groups (broad SMARTS) is 1. The third-order valence-corrected chi connectivity index (χ3v) is 2.80. The largest absolute Gasteiger partial charge is 0.497 e. The maximum absolute atomic E-state index is 10.9. The van der Waals surface area contributed by atoms with Crippen LogP contribution in [0.15, 0.2) is 42.5 Å². The second-order valence-electron chi connectivity index (χ2n) is 4.15. The van der Waals surface area contributed by atoms with E-state index in [9.17, 15) is 14.9 Å². The van der Waals surface area contributed by atoms with Crippen molar-refractivity contribution in [2.75, 3.05) is 12.4 Å². The number of ether oxygens (including phenoxy) is 1. The van der Waals surface area contributed by atoms with Crippen LogP contribution in [0.1, 0.15) is 10.4 Å². The number of nitro benzene ring substituents is 1. The molecule has 0 radical (unpaired) electrons. The van der Waals surface area contributed by atoms with Crippen molar-refractivity contribution in [2.24, 2.45) is 0 Å². The molecule has 0 aliphatic rings. The number of hydrogen-bond acceptors (Lipinski definition) is 5. The smallest absolute Gasteiger partial charge is 0.342 e. The lowest BCUT2D eigenvalue weighted by atomic mass is 10.1. The standard InChI is InChI=1S/C14H12N2O5/c1-21-11-5-2-9(3-6-11)15-10-4-7-12(14(17)18)13(8-10)16(19)20/h2-8,15H,1H3,(H,17,18). The Balaban J connectivity index is 2.29. The lowest BCUT2D eigenvalue weighted by Gasteiger charge is -2.08. The number of anilines is 2. The van der Waals surface area contributed by atoms with Gasteiger partial charge in [0.05, 0.1) is 12.0 Å². The summed E-state index contributed by atoms with van der Waals surface area (Å²) in [6, 6.07) is 10.8. The van der Waals surface area contributed by atoms with Gasteiger partial charge in [-0.2, -0.15) is 0 Å². The number of carboxylic acids is 1. The van der Waals surface area contributed by atoms with Crippen LogP contribution in [0, 0.1) is 10.1 Å². The second-order valence-corrected chi connectivity index (χ2v) is 4.15. The molecule has 0 saturated heterocycles. The third-order valence-electron chi connectivity index (χ3n) is 2.80. The molecule has 0 saturated carbocycles. The molecule has 0 aromatic heterocycles. The minimum absolute atomic E-state index is 0.347. The fourth-order valence-electron chi connectivity index (χ4n) is 1.78. The van der Waals surface area contributed by atoms with Crippen molar-refractivity contribution >= 4 is 23.0 Å². The number of nitro groups is 1. The van der Waals surface area contributed by atoms with Gasteiger partial charge in [-0.1, -0.05) is 0 Å². The van der Waals surface area contributed by atoms with Crippen LogP contribution in [-0.2, 0) is 0 Å². The second kappa shape index (κ2) is 5.91. The molecule has 21 heavy (non-hydrogen) atoms. The normalized spacial score (nSPS) is 9.95. The number of rotatable bonds is 5. The van der Waals surface area contributed by atoms with E-state index in [1.165, 1.54) is 18.2 Å². The van der Waals surface area contributed by atoms with Gasteiger partial charge in [-0.3, -0.25) is 10.1 Å². The summed E-state index contributed by atoms with van der Waals surface area (Å²) in [4.78, 5) is 21.1. The van der Waals surface area contributed by atoms with Gasteiger partial charge < -0.3 is 15.2 Å². The van der Waals surface area contributed by atoms with E-state index in [0.717, 1.165) is 0 Å². The van der Waals surface area contributed by atoms with E-state index in [1.54, 1.807) is 31.4 Å². The molecule has 0 aliphatic carbocycles. The van der Waals surface area contributed by atoms with Gasteiger partial charge in [-0.15, -0.1) is 0 Å². The molecule has 7 nitrogen and oxygen atoms in total. The SMILES string of the molecule is COc1ccc(Nc2ccc(C(=O)O)c([N+](=O)[O-])c2)cc1. The van der Waals surface area contributed by atoms with Crippen LogP contribution in [0.2, 0.25) is 0 Å². The zero-order valence-corrected chi connectivity index (χ0v) is 11.1. The molecule has 0 fully saturated rings. The Kier molecular flexibility index (Phi) is 4.03. The first-order chi connectivity index (χ1) is 10.0. The highest BCUT2D eigenvalue weighted by atomic mass is 16.6. The molecule has 0 amide bonds. The first-order valence-electron chi connectivity index (χ1n) is 5.94. The van der Waals surface area contributed by atoms with Crippen LogP contribution in [0.4, 0.5) is 17.1 Å². The van der Waals surface area contributed by atoms with Gasteiger partial charge in [0, 0.05) is 17.4 Å². The maximum Gasteiger partial charge on any atom is 0.342 e. The highest BCUT2D eigenvalue weighted by molar-refractivity contribution is 5.93. The Morgan fingerprint density at radius 2 is 1.81 bits per heavy atom. The summed E-state index contributed by atoms with van der Waals surface area (Å²) >= 11 is 0. The molecule has 0 aliphatic heterocycles. The van der Waals surface area contributed by atoms with Gasteiger partial charge in [0.2, 0.25) is 0 Å². The number of benzene rings is 2. The van der Waals surface area contributed by atoms with E-state index in [1.807, 2.05) is 0 Å². The summed E-state index contributed by atoms with van der Waals surface area (Å²) in [7, 11) is 1.55. The van der Waals surface area contributed by atoms with E-state index in [4.69, 9.17) is 9.84 Å². The van der Waals surface area contributed by atoms with Crippen molar-refractivity contribution in [1.29, 1.82) is 0 Å². The molecule has 7 heteroatoms. The van der Waals surface area contributed by atoms with E-state index in [-0.39, 0.29) is 5.56 Å². The molecule has 0 heterocycles. The summed E-state index contributed by atoms with van der Waals surface area (Å²) in [5, 5.41) is 22.8. The Hall–Kier alpha value is -3.09. The first kappa shape index (κ1) is 14.3. The number of methoxy groups -OCH3 is 1. The summed E-state index contributed by atoms with van der Waals surface area (Å²) in [5.41, 5.74) is 0.325. The molecule has 0 atom stereocenters. The number of carbonyl (C=O) groups is 1. The van der Waals surface area contributed by atoms with Gasteiger partial charge in [-0.25, -0.2) is 4.79 Å². The quantitative estimate of drug-likeness (QED) is 0.647. The van der Waals surface area contributed by atoms with Gasteiger partial charge in [0.1, 0.15) is 11.3 Å². The highest BCUT2D eigenvalue weighted by Gasteiger charge is 2.20. The molecule has 0 bridgehead atoms. The molecule has 2 rings (SSSR count). The average molecular weight is 288 g/mol. The van der Waals surface area contributed by atoms with Crippen LogP contribution >= 0.6 is 0 Å². The van der Waals surface area contributed by atoms with Crippen LogP contribution < -0.4 is 10.1 Å². The first-order valence-corrected chi connectivity index (χ1v) is 5.94. The van der Waals surface area contributed by atoms with Crippen molar-refractivity contribution in [2.45, 2.75) is 0 Å². The van der Waals surface area contributed by atoms with Gasteiger partial charge in [-0.05, 0) is 36.4 Å². The minimum atomic E-state index is -1.34. The van der Waals surface area contributed by atoms with Crippen LogP contribution in [0.25, 0.3) is 0 Å². The summed E-state index contributed by atoms with van der Waals surface area (Å²) in [6.45, 7) is 0. The number of aromatic carboxylic acids is 1. The Bertz CT molecular complexity index is 682. The molecular weight excluding hydrogens is 276 g/mol. The van der Waals surface area contributed by atoms with Crippen LogP contribution in [0.3, 0.4) is 0 Å². The minimum Gasteiger partial charge on any atom is -0.497 e. The van der Waals surface area contributed by atoms with Crippen molar-refractivity contribution in [1.82, 2.24) is 0 Å². The van der Waals surface area contributed by atoms with Crippen molar-refractivity contribution < 1.29 is 19.6 Å².